The summed E-state index contributed by atoms with van der Waals surface area (Å²) in [5.41, 5.74) is 0. The van der Waals surface area contributed by atoms with Crippen molar-refractivity contribution in [2.45, 2.75) is 19.1 Å². The largest absolute Gasteiger partial charge is 0.467 e. The lowest BCUT2D eigenvalue weighted by Gasteiger charge is -2.20. The van der Waals surface area contributed by atoms with E-state index < -0.39 is 0 Å². The summed E-state index contributed by atoms with van der Waals surface area (Å²) in [6, 6.07) is 3.66. The minimum atomic E-state index is -0.279. The second kappa shape index (κ2) is 5.33. The zero-order valence-electron chi connectivity index (χ0n) is 10.0. The van der Waals surface area contributed by atoms with E-state index in [1.807, 2.05) is 17.0 Å². The minimum absolute atomic E-state index is 0.0514. The van der Waals surface area contributed by atoms with Gasteiger partial charge in [-0.05, 0) is 18.6 Å². The van der Waals surface area contributed by atoms with Gasteiger partial charge in [0, 0.05) is 20.1 Å². The Bertz CT molecular complexity index is 364. The van der Waals surface area contributed by atoms with Crippen LogP contribution in [0.3, 0.4) is 0 Å². The van der Waals surface area contributed by atoms with Crippen LogP contribution in [0.4, 0.5) is 0 Å². The van der Waals surface area contributed by atoms with Gasteiger partial charge in [-0.1, -0.05) is 0 Å². The summed E-state index contributed by atoms with van der Waals surface area (Å²) in [6.07, 6.45) is 2.08. The average molecular weight is 238 g/mol. The van der Waals surface area contributed by atoms with E-state index in [1.54, 1.807) is 18.2 Å². The summed E-state index contributed by atoms with van der Waals surface area (Å²) in [5.74, 6) is 0.831. The molecule has 1 saturated heterocycles. The van der Waals surface area contributed by atoms with Crippen molar-refractivity contribution in [2.24, 2.45) is 0 Å². The highest BCUT2D eigenvalue weighted by Crippen LogP contribution is 2.09. The summed E-state index contributed by atoms with van der Waals surface area (Å²) in [4.78, 5) is 15.5. The molecule has 17 heavy (non-hydrogen) atoms. The normalized spacial score (nSPS) is 20.7. The fraction of sp³-hybridized carbons (Fsp3) is 0.583. The summed E-state index contributed by atoms with van der Waals surface area (Å²) in [6.45, 7) is 2.25. The molecule has 5 nitrogen and oxygen atoms in total. The van der Waals surface area contributed by atoms with Crippen molar-refractivity contribution >= 4 is 5.91 Å². The number of hydrogen-bond acceptors (Lipinski definition) is 4. The first-order chi connectivity index (χ1) is 8.15. The van der Waals surface area contributed by atoms with E-state index in [-0.39, 0.29) is 12.0 Å². The lowest BCUT2D eigenvalue weighted by Crippen LogP contribution is -2.37. The quantitative estimate of drug-likeness (QED) is 0.820. The number of carbonyl (C=O) groups excluding carboxylic acids is 1. The molecule has 0 radical (unpaired) electrons. The van der Waals surface area contributed by atoms with Crippen LogP contribution in [0.1, 0.15) is 12.2 Å². The number of rotatable bonds is 4. The van der Waals surface area contributed by atoms with Gasteiger partial charge in [0.05, 0.1) is 25.5 Å². The Balaban J connectivity index is 1.79. The molecule has 1 N–H and O–H groups in total. The summed E-state index contributed by atoms with van der Waals surface area (Å²) < 4.78 is 5.19. The minimum Gasteiger partial charge on any atom is -0.467 e. The van der Waals surface area contributed by atoms with E-state index in [2.05, 4.69) is 0 Å². The predicted molar refractivity (Wildman–Crippen MR) is 62.2 cm³/mol. The monoisotopic (exact) mass is 238 g/mol. The number of likely N-dealkylation sites (tertiary alicyclic amines) is 1. The predicted octanol–water partition coefficient (Wildman–Crippen LogP) is 0.305. The zero-order chi connectivity index (χ0) is 12.3. The summed E-state index contributed by atoms with van der Waals surface area (Å²) in [7, 11) is 1.76. The average Bonchev–Trinajstić information content (AvgIpc) is 2.90. The first-order valence-electron chi connectivity index (χ1n) is 5.82. The van der Waals surface area contributed by atoms with Gasteiger partial charge in [-0.25, -0.2) is 0 Å². The van der Waals surface area contributed by atoms with Crippen LogP contribution < -0.4 is 0 Å². The van der Waals surface area contributed by atoms with Gasteiger partial charge < -0.3 is 14.4 Å². The van der Waals surface area contributed by atoms with Crippen LogP contribution in [0.15, 0.2) is 22.8 Å². The molecule has 2 heterocycles. The van der Waals surface area contributed by atoms with Crippen molar-refractivity contribution in [1.29, 1.82) is 0 Å². The van der Waals surface area contributed by atoms with Crippen LogP contribution in [0.5, 0.6) is 0 Å². The molecule has 5 heteroatoms. The number of aliphatic hydroxyl groups excluding tert-OH is 1. The topological polar surface area (TPSA) is 56.9 Å². The van der Waals surface area contributed by atoms with Crippen molar-refractivity contribution in [3.05, 3.63) is 24.2 Å². The molecule has 0 saturated carbocycles. The van der Waals surface area contributed by atoms with Crippen molar-refractivity contribution in [1.82, 2.24) is 9.80 Å². The molecular formula is C12H18N2O3. The molecule has 1 aliphatic rings. The van der Waals surface area contributed by atoms with Crippen molar-refractivity contribution in [3.63, 3.8) is 0 Å². The SMILES string of the molecule is CN(Cc1ccco1)C(=O)CN1CC[C@@H](O)C1. The van der Waals surface area contributed by atoms with E-state index in [9.17, 15) is 9.90 Å². The molecule has 0 aliphatic carbocycles. The van der Waals surface area contributed by atoms with Gasteiger partial charge in [0.1, 0.15) is 5.76 Å². The Kier molecular flexibility index (Phi) is 3.81. The molecule has 1 aromatic rings. The Morgan fingerprint density at radius 2 is 2.53 bits per heavy atom. The number of aliphatic hydroxyl groups is 1. The Morgan fingerprint density at radius 3 is 3.12 bits per heavy atom. The van der Waals surface area contributed by atoms with E-state index in [4.69, 9.17) is 4.42 Å². The van der Waals surface area contributed by atoms with Gasteiger partial charge in [-0.3, -0.25) is 9.69 Å². The highest BCUT2D eigenvalue weighted by Gasteiger charge is 2.23. The third-order valence-electron chi connectivity index (χ3n) is 3.01. The second-order valence-electron chi connectivity index (χ2n) is 4.51. The highest BCUT2D eigenvalue weighted by molar-refractivity contribution is 5.77. The smallest absolute Gasteiger partial charge is 0.236 e. The van der Waals surface area contributed by atoms with Crippen LogP contribution >= 0.6 is 0 Å². The van der Waals surface area contributed by atoms with Crippen LogP contribution in [-0.2, 0) is 11.3 Å². The second-order valence-corrected chi connectivity index (χ2v) is 4.51. The molecular weight excluding hydrogens is 220 g/mol. The number of nitrogens with zero attached hydrogens (tertiary/aromatic N) is 2. The first-order valence-corrected chi connectivity index (χ1v) is 5.82. The molecule has 1 amide bonds. The first kappa shape index (κ1) is 12.1. The number of β-amino-alcohol motifs (C(OH)–C–C–N with tert-alkyl or cyclic N) is 1. The summed E-state index contributed by atoms with van der Waals surface area (Å²) >= 11 is 0. The Labute approximate surface area is 101 Å². The summed E-state index contributed by atoms with van der Waals surface area (Å²) in [5, 5.41) is 9.38. The lowest BCUT2D eigenvalue weighted by molar-refractivity contribution is -0.131. The maximum atomic E-state index is 11.9. The maximum Gasteiger partial charge on any atom is 0.236 e. The highest BCUT2D eigenvalue weighted by atomic mass is 16.3. The fourth-order valence-electron chi connectivity index (χ4n) is 1.99. The third kappa shape index (κ3) is 3.31. The molecule has 1 atom stereocenters. The van der Waals surface area contributed by atoms with Crippen LogP contribution in [0.25, 0.3) is 0 Å². The van der Waals surface area contributed by atoms with Crippen LogP contribution in [0, 0.1) is 0 Å². The lowest BCUT2D eigenvalue weighted by atomic mass is 10.3. The number of furan rings is 1. The Hall–Kier alpha value is -1.33. The number of carbonyl (C=O) groups is 1. The van der Waals surface area contributed by atoms with Gasteiger partial charge >= 0.3 is 0 Å². The molecule has 0 unspecified atom stereocenters. The number of amides is 1. The molecule has 1 fully saturated rings. The van der Waals surface area contributed by atoms with E-state index in [1.165, 1.54) is 0 Å². The number of hydrogen-bond donors (Lipinski definition) is 1. The third-order valence-corrected chi connectivity index (χ3v) is 3.01. The van der Waals surface area contributed by atoms with Crippen molar-refractivity contribution < 1.29 is 14.3 Å². The molecule has 1 aromatic heterocycles. The van der Waals surface area contributed by atoms with E-state index in [0.717, 1.165) is 18.7 Å². The standard InChI is InChI=1S/C12H18N2O3/c1-13(8-11-3-2-6-17-11)12(16)9-14-5-4-10(15)7-14/h2-3,6,10,15H,4-5,7-9H2,1H3/t10-/m1/s1. The van der Waals surface area contributed by atoms with Crippen molar-refractivity contribution in [3.8, 4) is 0 Å². The maximum absolute atomic E-state index is 11.9. The fourth-order valence-corrected chi connectivity index (χ4v) is 1.99. The molecule has 94 valence electrons. The van der Waals surface area contributed by atoms with Crippen LogP contribution in [0.2, 0.25) is 0 Å². The molecule has 1 aliphatic heterocycles. The number of likely N-dealkylation sites (N-methyl/N-ethyl adjacent to an activating group) is 1. The molecule has 2 rings (SSSR count). The van der Waals surface area contributed by atoms with Gasteiger partial charge in [0.2, 0.25) is 5.91 Å². The van der Waals surface area contributed by atoms with E-state index >= 15 is 0 Å². The van der Waals surface area contributed by atoms with Gasteiger partial charge in [0.25, 0.3) is 0 Å². The molecule has 0 bridgehead atoms. The van der Waals surface area contributed by atoms with Gasteiger partial charge in [-0.2, -0.15) is 0 Å². The molecule has 0 aromatic carbocycles. The van der Waals surface area contributed by atoms with Gasteiger partial charge in [-0.15, -0.1) is 0 Å². The van der Waals surface area contributed by atoms with Gasteiger partial charge in [0.15, 0.2) is 0 Å². The zero-order valence-corrected chi connectivity index (χ0v) is 10.0. The van der Waals surface area contributed by atoms with E-state index in [0.29, 0.717) is 19.6 Å². The van der Waals surface area contributed by atoms with Crippen LogP contribution in [-0.4, -0.2) is 53.6 Å². The van der Waals surface area contributed by atoms with Crippen molar-refractivity contribution in [2.75, 3.05) is 26.7 Å². The molecule has 0 spiro atoms. The Morgan fingerprint density at radius 1 is 1.71 bits per heavy atom.